The molecule has 1 aromatic carbocycles. The molecule has 1 aromatic rings. The van der Waals surface area contributed by atoms with Gasteiger partial charge in [0.05, 0.1) is 5.60 Å². The molecule has 3 rings (SSSR count). The zero-order valence-corrected chi connectivity index (χ0v) is 13.3. The number of hydrogen-bond acceptors (Lipinski definition) is 3. The Labute approximate surface area is 127 Å². The van der Waals surface area contributed by atoms with Crippen LogP contribution < -0.4 is 0 Å². The summed E-state index contributed by atoms with van der Waals surface area (Å²) in [6, 6.07) is 5.71. The van der Waals surface area contributed by atoms with Crippen LogP contribution in [0, 0.1) is 24.7 Å². The molecule has 2 saturated carbocycles. The monoisotopic (exact) mass is 289 g/mol. The molecule has 0 saturated heterocycles. The largest absolute Gasteiger partial charge is 0.508 e. The SMILES string of the molecule is Cc1ccc([C@@]2(O)CC3CCC(C3)[C@@H]2CN(C)C)cc1O. The van der Waals surface area contributed by atoms with E-state index in [0.29, 0.717) is 17.6 Å². The molecule has 2 aliphatic rings. The van der Waals surface area contributed by atoms with Crippen molar-refractivity contribution in [3.8, 4) is 5.75 Å². The lowest BCUT2D eigenvalue weighted by molar-refractivity contribution is -0.0892. The Morgan fingerprint density at radius 1 is 1.29 bits per heavy atom. The zero-order valence-electron chi connectivity index (χ0n) is 13.3. The van der Waals surface area contributed by atoms with E-state index >= 15 is 0 Å². The third-order valence-electron chi connectivity index (χ3n) is 5.63. The molecule has 0 spiro atoms. The van der Waals surface area contributed by atoms with Gasteiger partial charge in [0.1, 0.15) is 5.75 Å². The average molecular weight is 289 g/mol. The van der Waals surface area contributed by atoms with Crippen LogP contribution in [0.1, 0.15) is 36.8 Å². The van der Waals surface area contributed by atoms with Crippen molar-refractivity contribution >= 4 is 0 Å². The van der Waals surface area contributed by atoms with E-state index < -0.39 is 5.60 Å². The maximum Gasteiger partial charge on any atom is 0.118 e. The van der Waals surface area contributed by atoms with Gasteiger partial charge in [-0.05, 0) is 69.3 Å². The van der Waals surface area contributed by atoms with E-state index in [0.717, 1.165) is 24.1 Å². The number of phenolic OH excluding ortho intramolecular Hbond substituents is 1. The first kappa shape index (κ1) is 14.9. The molecule has 0 aliphatic heterocycles. The van der Waals surface area contributed by atoms with Crippen molar-refractivity contribution < 1.29 is 10.2 Å². The maximum atomic E-state index is 11.5. The first-order valence-corrected chi connectivity index (χ1v) is 8.07. The Hall–Kier alpha value is -1.06. The summed E-state index contributed by atoms with van der Waals surface area (Å²) < 4.78 is 0. The highest BCUT2D eigenvalue weighted by atomic mass is 16.3. The number of aliphatic hydroxyl groups is 1. The highest BCUT2D eigenvalue weighted by Crippen LogP contribution is 2.54. The number of aromatic hydroxyl groups is 1. The highest BCUT2D eigenvalue weighted by molar-refractivity contribution is 5.39. The molecule has 0 radical (unpaired) electrons. The van der Waals surface area contributed by atoms with Crippen LogP contribution in [0.5, 0.6) is 5.75 Å². The lowest BCUT2D eigenvalue weighted by Gasteiger charge is -2.45. The maximum absolute atomic E-state index is 11.5. The molecule has 4 atom stereocenters. The minimum atomic E-state index is -0.792. The van der Waals surface area contributed by atoms with E-state index in [9.17, 15) is 10.2 Å². The summed E-state index contributed by atoms with van der Waals surface area (Å²) in [5.41, 5.74) is 0.971. The number of fused-ring (bicyclic) bond motifs is 2. The summed E-state index contributed by atoms with van der Waals surface area (Å²) in [4.78, 5) is 2.18. The van der Waals surface area contributed by atoms with Crippen LogP contribution in [0.15, 0.2) is 18.2 Å². The van der Waals surface area contributed by atoms with Crippen molar-refractivity contribution in [2.24, 2.45) is 17.8 Å². The summed E-state index contributed by atoms with van der Waals surface area (Å²) in [7, 11) is 4.15. The Kier molecular flexibility index (Phi) is 3.74. The molecule has 3 heteroatoms. The second-order valence-corrected chi connectivity index (χ2v) is 7.44. The number of rotatable bonds is 3. The average Bonchev–Trinajstić information content (AvgIpc) is 2.81. The molecule has 0 aromatic heterocycles. The molecule has 0 amide bonds. The third-order valence-corrected chi connectivity index (χ3v) is 5.63. The minimum absolute atomic E-state index is 0.258. The lowest BCUT2D eigenvalue weighted by atomic mass is 9.66. The Morgan fingerprint density at radius 3 is 2.71 bits per heavy atom. The van der Waals surface area contributed by atoms with Gasteiger partial charge in [-0.3, -0.25) is 0 Å². The Bertz CT molecular complexity index is 528. The summed E-state index contributed by atoms with van der Waals surface area (Å²) >= 11 is 0. The number of benzene rings is 1. The predicted octanol–water partition coefficient (Wildman–Crippen LogP) is 2.89. The van der Waals surface area contributed by atoms with E-state index in [-0.39, 0.29) is 5.92 Å². The molecule has 0 heterocycles. The van der Waals surface area contributed by atoms with Crippen LogP contribution >= 0.6 is 0 Å². The topological polar surface area (TPSA) is 43.7 Å². The number of nitrogens with zero attached hydrogens (tertiary/aromatic N) is 1. The first-order valence-electron chi connectivity index (χ1n) is 8.07. The molecule has 2 N–H and O–H groups in total. The smallest absolute Gasteiger partial charge is 0.118 e. The fraction of sp³-hybridized carbons (Fsp3) is 0.667. The van der Waals surface area contributed by atoms with Gasteiger partial charge in [-0.25, -0.2) is 0 Å². The van der Waals surface area contributed by atoms with Crippen LogP contribution in [0.25, 0.3) is 0 Å². The summed E-state index contributed by atoms with van der Waals surface area (Å²) in [5, 5.41) is 21.5. The number of aryl methyl sites for hydroxylation is 1. The normalized spacial score (nSPS) is 35.4. The van der Waals surface area contributed by atoms with Crippen molar-refractivity contribution in [2.45, 2.75) is 38.2 Å². The number of hydrogen-bond donors (Lipinski definition) is 2. The van der Waals surface area contributed by atoms with Crippen molar-refractivity contribution in [1.29, 1.82) is 0 Å². The second kappa shape index (κ2) is 5.29. The molecular weight excluding hydrogens is 262 g/mol. The van der Waals surface area contributed by atoms with Crippen LogP contribution in [0.2, 0.25) is 0 Å². The minimum Gasteiger partial charge on any atom is -0.508 e. The molecular formula is C18H27NO2. The zero-order chi connectivity index (χ0) is 15.2. The Balaban J connectivity index is 2.00. The predicted molar refractivity (Wildman–Crippen MR) is 84.2 cm³/mol. The van der Waals surface area contributed by atoms with E-state index in [1.54, 1.807) is 6.07 Å². The van der Waals surface area contributed by atoms with Gasteiger partial charge in [0.25, 0.3) is 0 Å². The molecule has 2 bridgehead atoms. The van der Waals surface area contributed by atoms with Gasteiger partial charge >= 0.3 is 0 Å². The molecule has 116 valence electrons. The van der Waals surface area contributed by atoms with Crippen LogP contribution in [-0.4, -0.2) is 35.8 Å². The molecule has 2 aliphatic carbocycles. The second-order valence-electron chi connectivity index (χ2n) is 7.44. The summed E-state index contributed by atoms with van der Waals surface area (Å²) in [6.07, 6.45) is 4.58. The standard InChI is InChI=1S/C18H27NO2/c1-12-4-7-15(9-17(12)20)18(21)10-13-5-6-14(8-13)16(18)11-19(2)3/h4,7,9,13-14,16,20-21H,5-6,8,10-11H2,1-3H3/t13?,14?,16-,18-/m0/s1. The van der Waals surface area contributed by atoms with Gasteiger partial charge in [-0.1, -0.05) is 18.6 Å². The fourth-order valence-corrected chi connectivity index (χ4v) is 4.55. The van der Waals surface area contributed by atoms with Gasteiger partial charge in [0.15, 0.2) is 0 Å². The van der Waals surface area contributed by atoms with Gasteiger partial charge in [-0.15, -0.1) is 0 Å². The van der Waals surface area contributed by atoms with Gasteiger partial charge in [-0.2, -0.15) is 0 Å². The van der Waals surface area contributed by atoms with E-state index in [2.05, 4.69) is 19.0 Å². The first-order chi connectivity index (χ1) is 9.90. The van der Waals surface area contributed by atoms with Gasteiger partial charge in [0.2, 0.25) is 0 Å². The molecule has 2 unspecified atom stereocenters. The highest BCUT2D eigenvalue weighted by Gasteiger charge is 2.51. The van der Waals surface area contributed by atoms with Crippen LogP contribution in [-0.2, 0) is 5.60 Å². The Morgan fingerprint density at radius 2 is 2.05 bits per heavy atom. The lowest BCUT2D eigenvalue weighted by Crippen LogP contribution is -2.47. The molecule has 2 fully saturated rings. The third kappa shape index (κ3) is 2.58. The van der Waals surface area contributed by atoms with Crippen molar-refractivity contribution in [3.63, 3.8) is 0 Å². The van der Waals surface area contributed by atoms with Gasteiger partial charge in [0, 0.05) is 12.5 Å². The number of phenols is 1. The fourth-order valence-electron chi connectivity index (χ4n) is 4.55. The van der Waals surface area contributed by atoms with Crippen LogP contribution in [0.3, 0.4) is 0 Å². The molecule has 3 nitrogen and oxygen atoms in total. The van der Waals surface area contributed by atoms with Gasteiger partial charge < -0.3 is 15.1 Å². The van der Waals surface area contributed by atoms with Crippen molar-refractivity contribution in [1.82, 2.24) is 4.90 Å². The van der Waals surface area contributed by atoms with E-state index in [4.69, 9.17) is 0 Å². The van der Waals surface area contributed by atoms with E-state index in [1.165, 1.54) is 19.3 Å². The summed E-state index contributed by atoms with van der Waals surface area (Å²) in [6.45, 7) is 2.80. The summed E-state index contributed by atoms with van der Waals surface area (Å²) in [5.74, 6) is 1.80. The van der Waals surface area contributed by atoms with Crippen molar-refractivity contribution in [3.05, 3.63) is 29.3 Å². The van der Waals surface area contributed by atoms with Crippen LogP contribution in [0.4, 0.5) is 0 Å². The van der Waals surface area contributed by atoms with Crippen molar-refractivity contribution in [2.75, 3.05) is 20.6 Å². The van der Waals surface area contributed by atoms with E-state index in [1.807, 2.05) is 19.1 Å². The quantitative estimate of drug-likeness (QED) is 0.899. The molecule has 21 heavy (non-hydrogen) atoms.